The van der Waals surface area contributed by atoms with Gasteiger partial charge in [-0.2, -0.15) is 0 Å². The van der Waals surface area contributed by atoms with E-state index in [2.05, 4.69) is 5.32 Å². The van der Waals surface area contributed by atoms with E-state index in [0.29, 0.717) is 6.61 Å². The third kappa shape index (κ3) is 3.55. The number of hydrogen-bond donors (Lipinski definition) is 2. The molecule has 1 aliphatic rings. The molecule has 1 fully saturated rings. The van der Waals surface area contributed by atoms with Crippen molar-refractivity contribution in [1.29, 1.82) is 0 Å². The van der Waals surface area contributed by atoms with Gasteiger partial charge in [0, 0.05) is 6.54 Å². The predicted octanol–water partition coefficient (Wildman–Crippen LogP) is 1.06. The first kappa shape index (κ1) is 13.1. The number of piperidine rings is 1. The fraction of sp³-hybridized carbons (Fsp3) is 0.500. The zero-order chi connectivity index (χ0) is 12.8. The monoisotopic (exact) mass is 248 g/mol. The number of rotatable bonds is 4. The van der Waals surface area contributed by atoms with Crippen LogP contribution >= 0.6 is 0 Å². The van der Waals surface area contributed by atoms with Gasteiger partial charge in [0.05, 0.1) is 0 Å². The molecule has 3 N–H and O–H groups in total. The Bertz CT molecular complexity index is 375. The van der Waals surface area contributed by atoms with E-state index in [1.165, 1.54) is 0 Å². The number of ether oxygens (including phenoxy) is 1. The van der Waals surface area contributed by atoms with Gasteiger partial charge in [-0.3, -0.25) is 4.79 Å². The molecule has 0 aliphatic carbocycles. The predicted molar refractivity (Wildman–Crippen MR) is 69.8 cm³/mol. The SMILES string of the molecule is NC(C(=O)OCc1ccccc1)C1CCCNC1. The molecule has 0 saturated carbocycles. The van der Waals surface area contributed by atoms with E-state index >= 15 is 0 Å². The standard InChI is InChI=1S/C14H20N2O2/c15-13(12-7-4-8-16-9-12)14(17)18-10-11-5-2-1-3-6-11/h1-3,5-6,12-13,16H,4,7-10,15H2. The summed E-state index contributed by atoms with van der Waals surface area (Å²) in [6.07, 6.45) is 2.07. The lowest BCUT2D eigenvalue weighted by molar-refractivity contribution is -0.148. The Morgan fingerprint density at radius 2 is 2.22 bits per heavy atom. The zero-order valence-electron chi connectivity index (χ0n) is 10.5. The van der Waals surface area contributed by atoms with Crippen molar-refractivity contribution in [3.05, 3.63) is 35.9 Å². The van der Waals surface area contributed by atoms with Crippen LogP contribution in [0.3, 0.4) is 0 Å². The number of nitrogens with two attached hydrogens (primary N) is 1. The molecule has 1 saturated heterocycles. The molecule has 0 amide bonds. The van der Waals surface area contributed by atoms with Gasteiger partial charge in [0.1, 0.15) is 12.6 Å². The minimum absolute atomic E-state index is 0.196. The van der Waals surface area contributed by atoms with Crippen LogP contribution in [0.4, 0.5) is 0 Å². The van der Waals surface area contributed by atoms with Crippen LogP contribution in [0.15, 0.2) is 30.3 Å². The minimum Gasteiger partial charge on any atom is -0.460 e. The summed E-state index contributed by atoms with van der Waals surface area (Å²) in [5.41, 5.74) is 6.93. The molecule has 0 aromatic heterocycles. The number of carbonyl (C=O) groups excluding carboxylic acids is 1. The third-order valence-electron chi connectivity index (χ3n) is 3.34. The first-order valence-corrected chi connectivity index (χ1v) is 6.44. The van der Waals surface area contributed by atoms with E-state index in [1.807, 2.05) is 30.3 Å². The number of nitrogens with one attached hydrogen (secondary N) is 1. The van der Waals surface area contributed by atoms with Crippen molar-refractivity contribution in [2.75, 3.05) is 13.1 Å². The number of hydrogen-bond acceptors (Lipinski definition) is 4. The van der Waals surface area contributed by atoms with Crippen LogP contribution in [-0.2, 0) is 16.1 Å². The van der Waals surface area contributed by atoms with Crippen molar-refractivity contribution >= 4 is 5.97 Å². The van der Waals surface area contributed by atoms with Crippen LogP contribution in [0.1, 0.15) is 18.4 Å². The first-order chi connectivity index (χ1) is 8.77. The van der Waals surface area contributed by atoms with Crippen LogP contribution in [0.25, 0.3) is 0 Å². The molecule has 98 valence electrons. The van der Waals surface area contributed by atoms with E-state index in [0.717, 1.165) is 31.5 Å². The van der Waals surface area contributed by atoms with Crippen LogP contribution in [0.2, 0.25) is 0 Å². The normalized spacial score (nSPS) is 21.3. The molecule has 4 heteroatoms. The topological polar surface area (TPSA) is 64.4 Å². The maximum Gasteiger partial charge on any atom is 0.323 e. The molecule has 18 heavy (non-hydrogen) atoms. The first-order valence-electron chi connectivity index (χ1n) is 6.44. The Balaban J connectivity index is 1.80. The van der Waals surface area contributed by atoms with Gasteiger partial charge in [0.25, 0.3) is 0 Å². The minimum atomic E-state index is -0.512. The highest BCUT2D eigenvalue weighted by atomic mass is 16.5. The highest BCUT2D eigenvalue weighted by Gasteiger charge is 2.27. The summed E-state index contributed by atoms with van der Waals surface area (Å²) in [5.74, 6) is -0.102. The zero-order valence-corrected chi connectivity index (χ0v) is 10.5. The van der Waals surface area contributed by atoms with Gasteiger partial charge >= 0.3 is 5.97 Å². The highest BCUT2D eigenvalue weighted by Crippen LogP contribution is 2.14. The van der Waals surface area contributed by atoms with E-state index in [-0.39, 0.29) is 11.9 Å². The molecule has 2 atom stereocenters. The summed E-state index contributed by atoms with van der Waals surface area (Å²) in [5, 5.41) is 3.26. The summed E-state index contributed by atoms with van der Waals surface area (Å²) in [4.78, 5) is 11.8. The quantitative estimate of drug-likeness (QED) is 0.782. The Hall–Kier alpha value is -1.39. The molecule has 1 heterocycles. The van der Waals surface area contributed by atoms with E-state index in [4.69, 9.17) is 10.5 Å². The molecule has 1 aliphatic heterocycles. The Morgan fingerprint density at radius 1 is 1.44 bits per heavy atom. The Morgan fingerprint density at radius 3 is 2.89 bits per heavy atom. The van der Waals surface area contributed by atoms with Gasteiger partial charge in [-0.25, -0.2) is 0 Å². The summed E-state index contributed by atoms with van der Waals surface area (Å²) in [6.45, 7) is 2.12. The molecule has 1 aromatic rings. The van der Waals surface area contributed by atoms with E-state index < -0.39 is 6.04 Å². The second kappa shape index (κ2) is 6.52. The van der Waals surface area contributed by atoms with Gasteiger partial charge in [-0.1, -0.05) is 30.3 Å². The molecule has 0 spiro atoms. The second-order valence-electron chi connectivity index (χ2n) is 4.73. The number of carbonyl (C=O) groups is 1. The van der Waals surface area contributed by atoms with Crippen molar-refractivity contribution in [3.63, 3.8) is 0 Å². The third-order valence-corrected chi connectivity index (χ3v) is 3.34. The van der Waals surface area contributed by atoms with Gasteiger partial charge in [-0.15, -0.1) is 0 Å². The summed E-state index contributed by atoms with van der Waals surface area (Å²) in [7, 11) is 0. The van der Waals surface area contributed by atoms with Crippen LogP contribution in [-0.4, -0.2) is 25.1 Å². The molecule has 2 unspecified atom stereocenters. The summed E-state index contributed by atoms with van der Waals surface area (Å²) >= 11 is 0. The molecular formula is C14H20N2O2. The molecule has 0 radical (unpaired) electrons. The fourth-order valence-electron chi connectivity index (χ4n) is 2.20. The smallest absolute Gasteiger partial charge is 0.323 e. The molecule has 1 aromatic carbocycles. The maximum atomic E-state index is 11.8. The average Bonchev–Trinajstić information content (AvgIpc) is 2.46. The van der Waals surface area contributed by atoms with Gasteiger partial charge < -0.3 is 15.8 Å². The largest absolute Gasteiger partial charge is 0.460 e. The van der Waals surface area contributed by atoms with Gasteiger partial charge in [-0.05, 0) is 30.9 Å². The second-order valence-corrected chi connectivity index (χ2v) is 4.73. The van der Waals surface area contributed by atoms with Crippen molar-refractivity contribution in [3.8, 4) is 0 Å². The summed E-state index contributed by atoms with van der Waals surface area (Å²) < 4.78 is 5.25. The van der Waals surface area contributed by atoms with E-state index in [1.54, 1.807) is 0 Å². The van der Waals surface area contributed by atoms with Crippen molar-refractivity contribution in [2.45, 2.75) is 25.5 Å². The highest BCUT2D eigenvalue weighted by molar-refractivity contribution is 5.75. The van der Waals surface area contributed by atoms with Crippen LogP contribution < -0.4 is 11.1 Å². The lowest BCUT2D eigenvalue weighted by Gasteiger charge is -2.26. The van der Waals surface area contributed by atoms with Crippen molar-refractivity contribution < 1.29 is 9.53 Å². The molecule has 4 nitrogen and oxygen atoms in total. The van der Waals surface area contributed by atoms with Gasteiger partial charge in [0.2, 0.25) is 0 Å². The van der Waals surface area contributed by atoms with Crippen molar-refractivity contribution in [2.24, 2.45) is 11.7 Å². The average molecular weight is 248 g/mol. The Kier molecular flexibility index (Phi) is 4.73. The number of esters is 1. The lowest BCUT2D eigenvalue weighted by atomic mass is 9.92. The fourth-order valence-corrected chi connectivity index (χ4v) is 2.20. The van der Waals surface area contributed by atoms with Gasteiger partial charge in [0.15, 0.2) is 0 Å². The van der Waals surface area contributed by atoms with Crippen LogP contribution in [0, 0.1) is 5.92 Å². The van der Waals surface area contributed by atoms with Crippen molar-refractivity contribution in [1.82, 2.24) is 5.32 Å². The maximum absolute atomic E-state index is 11.8. The molecular weight excluding hydrogens is 228 g/mol. The number of benzene rings is 1. The summed E-state index contributed by atoms with van der Waals surface area (Å²) in [6, 6.07) is 9.14. The Labute approximate surface area is 108 Å². The lowest BCUT2D eigenvalue weighted by Crippen LogP contribution is -2.46. The van der Waals surface area contributed by atoms with E-state index in [9.17, 15) is 4.79 Å². The molecule has 0 bridgehead atoms. The van der Waals surface area contributed by atoms with Crippen LogP contribution in [0.5, 0.6) is 0 Å². The molecule has 2 rings (SSSR count).